The summed E-state index contributed by atoms with van der Waals surface area (Å²) in [7, 11) is 0. The third-order valence-electron chi connectivity index (χ3n) is 4.96. The Bertz CT molecular complexity index is 911. The number of nitrogens with zero attached hydrogens (tertiary/aromatic N) is 2. The molecule has 4 N–H and O–H groups in total. The molecule has 3 unspecified atom stereocenters. The summed E-state index contributed by atoms with van der Waals surface area (Å²) in [5.41, 5.74) is 1.55. The molecule has 2 heterocycles. The number of hydrogen-bond acceptors (Lipinski definition) is 5. The van der Waals surface area contributed by atoms with E-state index in [9.17, 15) is 14.4 Å². The number of carbonyl (C=O) groups is 3. The molecule has 9 heteroatoms. The van der Waals surface area contributed by atoms with Gasteiger partial charge < -0.3 is 16.0 Å². The molecule has 1 aliphatic heterocycles. The van der Waals surface area contributed by atoms with Gasteiger partial charge in [0.1, 0.15) is 5.82 Å². The quantitative estimate of drug-likeness (QED) is 0.539. The van der Waals surface area contributed by atoms with Gasteiger partial charge in [0, 0.05) is 18.5 Å². The minimum absolute atomic E-state index is 0.0248. The third-order valence-corrected chi connectivity index (χ3v) is 4.96. The van der Waals surface area contributed by atoms with Crippen LogP contribution in [0.25, 0.3) is 0 Å². The van der Waals surface area contributed by atoms with Crippen molar-refractivity contribution in [1.82, 2.24) is 25.7 Å². The Labute approximate surface area is 175 Å². The molecular formula is C21H28N6O3. The molecule has 0 radical (unpaired) electrons. The van der Waals surface area contributed by atoms with Crippen molar-refractivity contribution in [2.45, 2.75) is 58.4 Å². The van der Waals surface area contributed by atoms with E-state index in [2.05, 4.69) is 33.3 Å². The van der Waals surface area contributed by atoms with Crippen LogP contribution in [0.4, 0.5) is 5.82 Å². The SMILES string of the molecule is CCCC1CC(=O)NC(n2nc(C)cc2NC(=O)C(=O)NC(C)c2ccccc2)N1. The van der Waals surface area contributed by atoms with Crippen molar-refractivity contribution in [2.24, 2.45) is 0 Å². The smallest absolute Gasteiger partial charge is 0.314 e. The second-order valence-corrected chi connectivity index (χ2v) is 7.50. The number of hydrogen-bond donors (Lipinski definition) is 4. The summed E-state index contributed by atoms with van der Waals surface area (Å²) in [6.45, 7) is 5.64. The summed E-state index contributed by atoms with van der Waals surface area (Å²) in [6.07, 6.45) is 1.59. The van der Waals surface area contributed by atoms with Gasteiger partial charge in [0.15, 0.2) is 6.29 Å². The van der Waals surface area contributed by atoms with E-state index in [4.69, 9.17) is 0 Å². The van der Waals surface area contributed by atoms with E-state index in [1.54, 1.807) is 13.0 Å². The largest absolute Gasteiger partial charge is 0.341 e. The predicted octanol–water partition coefficient (Wildman–Crippen LogP) is 1.74. The molecular weight excluding hydrogens is 384 g/mol. The number of aryl methyl sites for hydroxylation is 1. The Morgan fingerprint density at radius 1 is 1.27 bits per heavy atom. The Morgan fingerprint density at radius 2 is 2.00 bits per heavy atom. The zero-order valence-corrected chi connectivity index (χ0v) is 17.4. The van der Waals surface area contributed by atoms with Crippen molar-refractivity contribution in [3.05, 3.63) is 47.7 Å². The molecule has 1 aromatic carbocycles. The lowest BCUT2D eigenvalue weighted by Gasteiger charge is -2.32. The molecule has 2 aromatic rings. The number of amides is 3. The van der Waals surface area contributed by atoms with Crippen molar-refractivity contribution in [2.75, 3.05) is 5.32 Å². The zero-order valence-electron chi connectivity index (χ0n) is 17.4. The molecule has 3 rings (SSSR count). The number of benzene rings is 1. The Kier molecular flexibility index (Phi) is 6.83. The summed E-state index contributed by atoms with van der Waals surface area (Å²) >= 11 is 0. The molecule has 3 amide bonds. The first-order valence-corrected chi connectivity index (χ1v) is 10.2. The fraction of sp³-hybridized carbons (Fsp3) is 0.429. The molecule has 0 spiro atoms. The summed E-state index contributed by atoms with van der Waals surface area (Å²) in [4.78, 5) is 37.0. The average Bonchev–Trinajstić information content (AvgIpc) is 3.08. The highest BCUT2D eigenvalue weighted by atomic mass is 16.2. The zero-order chi connectivity index (χ0) is 21.7. The van der Waals surface area contributed by atoms with E-state index in [1.165, 1.54) is 4.68 Å². The summed E-state index contributed by atoms with van der Waals surface area (Å²) in [6, 6.07) is 10.8. The lowest BCUT2D eigenvalue weighted by Crippen LogP contribution is -2.53. The monoisotopic (exact) mass is 412 g/mol. The number of carbonyl (C=O) groups excluding carboxylic acids is 3. The van der Waals surface area contributed by atoms with E-state index >= 15 is 0 Å². The second-order valence-electron chi connectivity index (χ2n) is 7.50. The third kappa shape index (κ3) is 5.24. The van der Waals surface area contributed by atoms with E-state index in [0.717, 1.165) is 18.4 Å². The van der Waals surface area contributed by atoms with Crippen molar-refractivity contribution in [1.29, 1.82) is 0 Å². The van der Waals surface area contributed by atoms with Crippen LogP contribution in [0.5, 0.6) is 0 Å². The normalized spacial score (nSPS) is 19.6. The minimum Gasteiger partial charge on any atom is -0.341 e. The van der Waals surface area contributed by atoms with Gasteiger partial charge in [-0.1, -0.05) is 43.7 Å². The fourth-order valence-electron chi connectivity index (χ4n) is 3.49. The highest BCUT2D eigenvalue weighted by Gasteiger charge is 2.29. The van der Waals surface area contributed by atoms with E-state index < -0.39 is 18.1 Å². The number of nitrogens with one attached hydrogen (secondary N) is 4. The van der Waals surface area contributed by atoms with Crippen LogP contribution in [0.2, 0.25) is 0 Å². The fourth-order valence-corrected chi connectivity index (χ4v) is 3.49. The van der Waals surface area contributed by atoms with Gasteiger partial charge in [-0.3, -0.25) is 19.7 Å². The maximum absolute atomic E-state index is 12.5. The standard InChI is InChI=1S/C21H28N6O3/c1-4-8-16-12-18(28)25-21(23-16)27-17(11-13(2)26-27)24-20(30)19(29)22-14(3)15-9-6-5-7-10-15/h5-7,9-11,14,16,21,23H,4,8,12H2,1-3H3,(H,22,29)(H,24,30)(H,25,28). The van der Waals surface area contributed by atoms with Crippen LogP contribution in [0, 0.1) is 6.92 Å². The van der Waals surface area contributed by atoms with Crippen LogP contribution in [0.3, 0.4) is 0 Å². The van der Waals surface area contributed by atoms with E-state index in [1.807, 2.05) is 37.3 Å². The van der Waals surface area contributed by atoms with Gasteiger partial charge in [-0.2, -0.15) is 5.10 Å². The van der Waals surface area contributed by atoms with Crippen LogP contribution >= 0.6 is 0 Å². The first kappa shape index (κ1) is 21.5. The van der Waals surface area contributed by atoms with Gasteiger partial charge in [0.25, 0.3) is 0 Å². The maximum atomic E-state index is 12.5. The van der Waals surface area contributed by atoms with Crippen LogP contribution in [0.1, 0.15) is 56.7 Å². The van der Waals surface area contributed by atoms with Gasteiger partial charge in [0.05, 0.1) is 11.7 Å². The first-order chi connectivity index (χ1) is 14.4. The maximum Gasteiger partial charge on any atom is 0.314 e. The Hall–Kier alpha value is -3.20. The average molecular weight is 412 g/mol. The number of aromatic nitrogens is 2. The molecule has 9 nitrogen and oxygen atoms in total. The molecule has 3 atom stereocenters. The summed E-state index contributed by atoms with van der Waals surface area (Å²) < 4.78 is 1.49. The molecule has 30 heavy (non-hydrogen) atoms. The van der Waals surface area contributed by atoms with Crippen molar-refractivity contribution in [3.8, 4) is 0 Å². The van der Waals surface area contributed by atoms with Crippen LogP contribution < -0.4 is 21.3 Å². The Morgan fingerprint density at radius 3 is 2.70 bits per heavy atom. The van der Waals surface area contributed by atoms with Gasteiger partial charge in [0.2, 0.25) is 5.91 Å². The summed E-state index contributed by atoms with van der Waals surface area (Å²) in [5.74, 6) is -1.31. The molecule has 0 aliphatic carbocycles. The highest BCUT2D eigenvalue weighted by Crippen LogP contribution is 2.19. The molecule has 0 bridgehead atoms. The molecule has 1 aromatic heterocycles. The molecule has 1 aliphatic rings. The van der Waals surface area contributed by atoms with Crippen molar-refractivity contribution in [3.63, 3.8) is 0 Å². The highest BCUT2D eigenvalue weighted by molar-refractivity contribution is 6.39. The van der Waals surface area contributed by atoms with Crippen molar-refractivity contribution >= 4 is 23.5 Å². The van der Waals surface area contributed by atoms with E-state index in [0.29, 0.717) is 17.9 Å². The van der Waals surface area contributed by atoms with Gasteiger partial charge in [-0.25, -0.2) is 4.68 Å². The number of anilines is 1. The van der Waals surface area contributed by atoms with Gasteiger partial charge >= 0.3 is 11.8 Å². The molecule has 1 saturated heterocycles. The topological polar surface area (TPSA) is 117 Å². The van der Waals surface area contributed by atoms with Crippen LogP contribution in [-0.2, 0) is 14.4 Å². The van der Waals surface area contributed by atoms with E-state index in [-0.39, 0.29) is 18.0 Å². The predicted molar refractivity (Wildman–Crippen MR) is 112 cm³/mol. The first-order valence-electron chi connectivity index (χ1n) is 10.2. The van der Waals surface area contributed by atoms with Crippen LogP contribution in [0.15, 0.2) is 36.4 Å². The second kappa shape index (κ2) is 9.53. The van der Waals surface area contributed by atoms with Gasteiger partial charge in [-0.15, -0.1) is 0 Å². The lowest BCUT2D eigenvalue weighted by molar-refractivity contribution is -0.136. The van der Waals surface area contributed by atoms with Crippen molar-refractivity contribution < 1.29 is 14.4 Å². The lowest BCUT2D eigenvalue weighted by atomic mass is 10.1. The molecule has 0 saturated carbocycles. The minimum atomic E-state index is -0.800. The molecule has 1 fully saturated rings. The molecule has 160 valence electrons. The number of rotatable bonds is 6. The Balaban J connectivity index is 1.68. The van der Waals surface area contributed by atoms with Crippen LogP contribution in [-0.4, -0.2) is 33.5 Å². The van der Waals surface area contributed by atoms with Gasteiger partial charge in [-0.05, 0) is 25.8 Å². The summed E-state index contributed by atoms with van der Waals surface area (Å²) in [5, 5.41) is 15.8.